The molecule has 4 aromatic rings. The quantitative estimate of drug-likeness (QED) is 0.118. The van der Waals surface area contributed by atoms with Gasteiger partial charge in [0.25, 0.3) is 21.3 Å². The summed E-state index contributed by atoms with van der Waals surface area (Å²) in [6.07, 6.45) is 6.02. The van der Waals surface area contributed by atoms with Gasteiger partial charge in [-0.05, 0) is 75.9 Å². The van der Waals surface area contributed by atoms with Crippen LogP contribution < -0.4 is 15.2 Å². The van der Waals surface area contributed by atoms with Gasteiger partial charge in [0, 0.05) is 37.0 Å². The van der Waals surface area contributed by atoms with Crippen molar-refractivity contribution < 1.29 is 22.9 Å². The fourth-order valence-electron chi connectivity index (χ4n) is 7.44. The molecule has 6 rings (SSSR count). The van der Waals surface area contributed by atoms with E-state index in [1.54, 1.807) is 51.4 Å². The van der Waals surface area contributed by atoms with Crippen molar-refractivity contribution in [1.29, 1.82) is 0 Å². The maximum absolute atomic E-state index is 13.8. The zero-order valence-electron chi connectivity index (χ0n) is 29.3. The molecule has 0 amide bonds. The zero-order chi connectivity index (χ0) is 36.2. The number of anilines is 2. The Labute approximate surface area is 291 Å². The van der Waals surface area contributed by atoms with E-state index in [1.165, 1.54) is 68.5 Å². The van der Waals surface area contributed by atoms with E-state index in [0.29, 0.717) is 22.4 Å². The number of hydrogen-bond acceptors (Lipinski definition) is 9. The second-order valence-electron chi connectivity index (χ2n) is 14.8. The summed E-state index contributed by atoms with van der Waals surface area (Å²) >= 11 is 0. The third-order valence-electron chi connectivity index (χ3n) is 9.80. The molecule has 1 spiro atoms. The minimum absolute atomic E-state index is 0.201. The first-order valence-corrected chi connectivity index (χ1v) is 18.4. The lowest BCUT2D eigenvalue weighted by molar-refractivity contribution is -0.384. The number of carbonyl (C=O) groups excluding carboxylic acids is 1. The van der Waals surface area contributed by atoms with Gasteiger partial charge in [0.2, 0.25) is 5.95 Å². The second kappa shape index (κ2) is 12.8. The van der Waals surface area contributed by atoms with Crippen LogP contribution in [0.1, 0.15) is 92.8 Å². The summed E-state index contributed by atoms with van der Waals surface area (Å²) < 4.78 is 36.9. The van der Waals surface area contributed by atoms with Crippen LogP contribution in [-0.4, -0.2) is 47.6 Å². The Kier molecular flexibility index (Phi) is 9.00. The molecule has 3 aromatic carbocycles. The number of nitro benzene ring substituents is 1. The highest BCUT2D eigenvalue weighted by Gasteiger charge is 2.45. The Morgan fingerprint density at radius 2 is 1.72 bits per heavy atom. The summed E-state index contributed by atoms with van der Waals surface area (Å²) in [5.74, 6) is -0.938. The van der Waals surface area contributed by atoms with E-state index in [4.69, 9.17) is 9.72 Å². The van der Waals surface area contributed by atoms with E-state index >= 15 is 0 Å². The average molecular weight is 702 g/mol. The highest BCUT2D eigenvalue weighted by Crippen LogP contribution is 2.45. The Bertz CT molecular complexity index is 2170. The molecule has 2 heterocycles. The predicted octanol–water partition coefficient (Wildman–Crippen LogP) is 6.83. The van der Waals surface area contributed by atoms with E-state index in [2.05, 4.69) is 9.62 Å². The fourth-order valence-corrected chi connectivity index (χ4v) is 8.71. The third-order valence-corrected chi connectivity index (χ3v) is 11.2. The first-order chi connectivity index (χ1) is 23.5. The second-order valence-corrected chi connectivity index (χ2v) is 16.4. The molecule has 0 radical (unpaired) electrons. The van der Waals surface area contributed by atoms with Gasteiger partial charge in [-0.2, -0.15) is 0 Å². The van der Waals surface area contributed by atoms with Crippen LogP contribution in [0.4, 0.5) is 17.3 Å². The molecular weight excluding hydrogens is 659 g/mol. The van der Waals surface area contributed by atoms with Crippen LogP contribution in [0.2, 0.25) is 0 Å². The molecule has 13 heteroatoms. The molecular formula is C37H43N5O7S. The Balaban J connectivity index is 1.40. The number of benzene rings is 3. The number of rotatable bonds is 8. The molecule has 2 aliphatic rings. The van der Waals surface area contributed by atoms with Gasteiger partial charge in [-0.25, -0.2) is 18.2 Å². The minimum Gasteiger partial charge on any atom is -0.456 e. The van der Waals surface area contributed by atoms with Gasteiger partial charge >= 0.3 is 5.97 Å². The average Bonchev–Trinajstić information content (AvgIpc) is 3.04. The largest absolute Gasteiger partial charge is 0.456 e. The van der Waals surface area contributed by atoms with E-state index < -0.39 is 38.1 Å². The van der Waals surface area contributed by atoms with Crippen LogP contribution in [0.15, 0.2) is 64.3 Å². The molecule has 264 valence electrons. The molecule has 1 atom stereocenters. The van der Waals surface area contributed by atoms with Crippen molar-refractivity contribution >= 4 is 44.2 Å². The van der Waals surface area contributed by atoms with Gasteiger partial charge in [0.05, 0.1) is 21.4 Å². The molecule has 50 heavy (non-hydrogen) atoms. The number of nitrogens with zero attached hydrogens (tertiary/aromatic N) is 4. The van der Waals surface area contributed by atoms with Crippen LogP contribution in [-0.2, 0) is 21.8 Å². The van der Waals surface area contributed by atoms with Crippen molar-refractivity contribution in [3.63, 3.8) is 0 Å². The lowest BCUT2D eigenvalue weighted by Crippen LogP contribution is -2.58. The van der Waals surface area contributed by atoms with Crippen molar-refractivity contribution in [2.75, 3.05) is 22.7 Å². The Morgan fingerprint density at radius 1 is 1.04 bits per heavy atom. The summed E-state index contributed by atoms with van der Waals surface area (Å²) in [7, 11) is -2.78. The topological polar surface area (TPSA) is 154 Å². The molecule has 12 nitrogen and oxygen atoms in total. The van der Waals surface area contributed by atoms with E-state index in [1.807, 2.05) is 13.0 Å². The van der Waals surface area contributed by atoms with Crippen LogP contribution in [0.5, 0.6) is 0 Å². The van der Waals surface area contributed by atoms with E-state index in [0.717, 1.165) is 18.7 Å². The SMILES string of the molecule is Cc1cc(C(C)c2cccc(NS(=O)(=O)c3ccccc3C(=O)OC(C)(C)C)c2[N+](=O)[O-])c2nc(N3CC4(CCCCC4)C3)n(C)c(=O)c2c1. The monoisotopic (exact) mass is 701 g/mol. The lowest BCUT2D eigenvalue weighted by atomic mass is 9.69. The van der Waals surface area contributed by atoms with Crippen LogP contribution >= 0.6 is 0 Å². The number of aromatic nitrogens is 2. The van der Waals surface area contributed by atoms with Gasteiger partial charge in [0.1, 0.15) is 16.2 Å². The van der Waals surface area contributed by atoms with Crippen molar-refractivity contribution in [3.8, 4) is 0 Å². The van der Waals surface area contributed by atoms with Crippen LogP contribution in [0, 0.1) is 22.5 Å². The molecule has 1 saturated heterocycles. The number of sulfonamides is 1. The number of hydrogen-bond donors (Lipinski definition) is 1. The molecule has 2 fully saturated rings. The van der Waals surface area contributed by atoms with Crippen LogP contribution in [0.25, 0.3) is 10.9 Å². The number of nitro groups is 1. The standard InChI is InChI=1S/C37H43N5O7S/c1-23-19-27(31-28(20-23)33(43)40(6)35(38-31)41-21-37(22-41)17-10-7-11-18-37)24(2)25-14-12-15-29(32(25)42(45)46)39-50(47,48)30-16-9-8-13-26(30)34(44)49-36(3,4)5/h8-9,12-16,19-20,24,39H,7,10-11,17-18,21-22H2,1-6H3. The van der Waals surface area contributed by atoms with Gasteiger partial charge in [-0.3, -0.25) is 24.2 Å². The Morgan fingerprint density at radius 3 is 2.38 bits per heavy atom. The van der Waals surface area contributed by atoms with E-state index in [-0.39, 0.29) is 32.7 Å². The van der Waals surface area contributed by atoms with Crippen LogP contribution in [0.3, 0.4) is 0 Å². The van der Waals surface area contributed by atoms with Gasteiger partial charge in [-0.15, -0.1) is 0 Å². The fraction of sp³-hybridized carbons (Fsp3) is 0.432. The third kappa shape index (κ3) is 6.58. The first kappa shape index (κ1) is 35.1. The number of nitrogens with one attached hydrogen (secondary N) is 1. The Hall–Kier alpha value is -4.78. The molecule has 1 unspecified atom stereocenters. The maximum atomic E-state index is 13.8. The summed E-state index contributed by atoms with van der Waals surface area (Å²) in [4.78, 5) is 45.6. The maximum Gasteiger partial charge on any atom is 0.340 e. The summed E-state index contributed by atoms with van der Waals surface area (Å²) in [5.41, 5.74) is 0.360. The molecule has 1 aliphatic carbocycles. The number of esters is 1. The summed E-state index contributed by atoms with van der Waals surface area (Å²) in [5, 5.41) is 13.1. The molecule has 0 bridgehead atoms. The number of ether oxygens (including phenoxy) is 1. The van der Waals surface area contributed by atoms with Crippen molar-refractivity contribution in [2.24, 2.45) is 12.5 Å². The van der Waals surface area contributed by atoms with Crippen molar-refractivity contribution in [2.45, 2.75) is 83.1 Å². The molecule has 1 saturated carbocycles. The van der Waals surface area contributed by atoms with Gasteiger partial charge in [0.15, 0.2) is 0 Å². The van der Waals surface area contributed by atoms with Crippen molar-refractivity contribution in [3.05, 3.63) is 97.3 Å². The smallest absolute Gasteiger partial charge is 0.340 e. The molecule has 1 aliphatic heterocycles. The summed E-state index contributed by atoms with van der Waals surface area (Å²) in [6.45, 7) is 10.3. The highest BCUT2D eigenvalue weighted by molar-refractivity contribution is 7.92. The van der Waals surface area contributed by atoms with Crippen molar-refractivity contribution in [1.82, 2.24) is 9.55 Å². The number of carbonyl (C=O) groups is 1. The van der Waals surface area contributed by atoms with Gasteiger partial charge < -0.3 is 9.64 Å². The minimum atomic E-state index is -4.50. The lowest BCUT2D eigenvalue weighted by Gasteiger charge is -2.53. The molecule has 1 aromatic heterocycles. The normalized spacial score (nSPS) is 16.6. The number of para-hydroxylation sites is 1. The van der Waals surface area contributed by atoms with Gasteiger partial charge in [-0.1, -0.05) is 56.5 Å². The highest BCUT2D eigenvalue weighted by atomic mass is 32.2. The number of aryl methyl sites for hydroxylation is 1. The summed E-state index contributed by atoms with van der Waals surface area (Å²) in [6, 6.07) is 13.6. The predicted molar refractivity (Wildman–Crippen MR) is 192 cm³/mol. The zero-order valence-corrected chi connectivity index (χ0v) is 30.1. The molecule has 1 N–H and O–H groups in total. The first-order valence-electron chi connectivity index (χ1n) is 16.9. The number of fused-ring (bicyclic) bond motifs is 1. The van der Waals surface area contributed by atoms with E-state index in [9.17, 15) is 28.1 Å².